The first-order valence-electron chi connectivity index (χ1n) is 5.64. The Balaban J connectivity index is 1.97. The molecule has 0 bridgehead atoms. The molecule has 0 radical (unpaired) electrons. The van der Waals surface area contributed by atoms with E-state index in [0.29, 0.717) is 25.3 Å². The normalized spacial score (nSPS) is 29.7. The SMILES string of the molecule is NCc1nnn2c1COC1CCCCC12. The monoisotopic (exact) mass is 208 g/mol. The Hall–Kier alpha value is -0.940. The van der Waals surface area contributed by atoms with Crippen LogP contribution in [0.25, 0.3) is 0 Å². The average molecular weight is 208 g/mol. The summed E-state index contributed by atoms with van der Waals surface area (Å²) in [4.78, 5) is 0. The lowest BCUT2D eigenvalue weighted by Gasteiger charge is -2.35. The predicted octanol–water partition coefficient (Wildman–Crippen LogP) is 0.751. The highest BCUT2D eigenvalue weighted by atomic mass is 16.5. The number of nitrogens with zero attached hydrogens (tertiary/aromatic N) is 3. The van der Waals surface area contributed by atoms with E-state index in [-0.39, 0.29) is 0 Å². The Morgan fingerprint density at radius 1 is 1.40 bits per heavy atom. The van der Waals surface area contributed by atoms with Crippen molar-refractivity contribution in [3.8, 4) is 0 Å². The molecule has 1 aromatic rings. The second-order valence-electron chi connectivity index (χ2n) is 4.33. The van der Waals surface area contributed by atoms with Gasteiger partial charge in [0, 0.05) is 6.54 Å². The van der Waals surface area contributed by atoms with Gasteiger partial charge in [-0.15, -0.1) is 5.10 Å². The summed E-state index contributed by atoms with van der Waals surface area (Å²) in [5.41, 5.74) is 7.59. The molecular formula is C10H16N4O. The third kappa shape index (κ3) is 1.38. The molecule has 2 aliphatic rings. The van der Waals surface area contributed by atoms with Crippen LogP contribution in [0.2, 0.25) is 0 Å². The third-order valence-electron chi connectivity index (χ3n) is 3.48. The standard InChI is InChI=1S/C10H16N4O/c11-5-7-9-6-15-10-4-2-1-3-8(10)14(9)13-12-7/h8,10H,1-6,11H2. The van der Waals surface area contributed by atoms with Gasteiger partial charge in [-0.25, -0.2) is 4.68 Å². The van der Waals surface area contributed by atoms with E-state index in [0.717, 1.165) is 24.2 Å². The second kappa shape index (κ2) is 3.57. The van der Waals surface area contributed by atoms with Crippen LogP contribution in [0.3, 0.4) is 0 Å². The van der Waals surface area contributed by atoms with E-state index in [1.807, 2.05) is 0 Å². The van der Waals surface area contributed by atoms with E-state index >= 15 is 0 Å². The fourth-order valence-electron chi connectivity index (χ4n) is 2.66. The van der Waals surface area contributed by atoms with E-state index in [1.165, 1.54) is 12.8 Å². The molecule has 0 spiro atoms. The molecule has 1 aromatic heterocycles. The summed E-state index contributed by atoms with van der Waals surface area (Å²) >= 11 is 0. The minimum atomic E-state index is 0.346. The first kappa shape index (κ1) is 9.30. The number of hydrogen-bond donors (Lipinski definition) is 1. The van der Waals surface area contributed by atoms with Crippen LogP contribution in [0.4, 0.5) is 0 Å². The molecule has 0 saturated heterocycles. The maximum absolute atomic E-state index is 5.85. The number of nitrogens with two attached hydrogens (primary N) is 1. The molecule has 1 aliphatic carbocycles. The quantitative estimate of drug-likeness (QED) is 0.739. The zero-order valence-corrected chi connectivity index (χ0v) is 8.72. The first-order valence-corrected chi connectivity index (χ1v) is 5.64. The smallest absolute Gasteiger partial charge is 0.102 e. The van der Waals surface area contributed by atoms with Gasteiger partial charge in [0.05, 0.1) is 24.4 Å². The maximum atomic E-state index is 5.85. The highest BCUT2D eigenvalue weighted by molar-refractivity contribution is 5.12. The molecule has 15 heavy (non-hydrogen) atoms. The molecule has 2 unspecified atom stereocenters. The number of fused-ring (bicyclic) bond motifs is 3. The number of rotatable bonds is 1. The zero-order chi connectivity index (χ0) is 10.3. The van der Waals surface area contributed by atoms with Gasteiger partial charge >= 0.3 is 0 Å². The minimum Gasteiger partial charge on any atom is -0.370 e. The summed E-state index contributed by atoms with van der Waals surface area (Å²) in [6, 6.07) is 0.398. The lowest BCUT2D eigenvalue weighted by Crippen LogP contribution is -2.36. The molecule has 2 heterocycles. The van der Waals surface area contributed by atoms with Crippen molar-refractivity contribution in [2.24, 2.45) is 5.73 Å². The molecule has 5 heteroatoms. The van der Waals surface area contributed by atoms with Gasteiger partial charge in [-0.3, -0.25) is 0 Å². The van der Waals surface area contributed by atoms with Crippen molar-refractivity contribution in [3.63, 3.8) is 0 Å². The molecule has 82 valence electrons. The van der Waals surface area contributed by atoms with Crippen LogP contribution in [0.5, 0.6) is 0 Å². The highest BCUT2D eigenvalue weighted by Crippen LogP contribution is 2.35. The molecule has 2 N–H and O–H groups in total. The molecule has 1 fully saturated rings. The van der Waals surface area contributed by atoms with Crippen molar-refractivity contribution in [2.75, 3.05) is 0 Å². The molecular weight excluding hydrogens is 192 g/mol. The molecule has 0 aromatic carbocycles. The number of ether oxygens (including phenoxy) is 1. The highest BCUT2D eigenvalue weighted by Gasteiger charge is 2.34. The summed E-state index contributed by atoms with van der Waals surface area (Å²) in [6.45, 7) is 1.08. The van der Waals surface area contributed by atoms with E-state index in [4.69, 9.17) is 10.5 Å². The van der Waals surface area contributed by atoms with Crippen LogP contribution in [-0.2, 0) is 17.9 Å². The fraction of sp³-hybridized carbons (Fsp3) is 0.800. The van der Waals surface area contributed by atoms with Crippen LogP contribution < -0.4 is 5.73 Å². The van der Waals surface area contributed by atoms with E-state index < -0.39 is 0 Å². The van der Waals surface area contributed by atoms with Gasteiger partial charge in [0.15, 0.2) is 0 Å². The summed E-state index contributed by atoms with van der Waals surface area (Å²) < 4.78 is 7.90. The van der Waals surface area contributed by atoms with Crippen molar-refractivity contribution in [3.05, 3.63) is 11.4 Å². The number of aromatic nitrogens is 3. The molecule has 1 aliphatic heterocycles. The average Bonchev–Trinajstić information content (AvgIpc) is 2.72. The Kier molecular flexibility index (Phi) is 2.21. The Morgan fingerprint density at radius 2 is 2.27 bits per heavy atom. The summed E-state index contributed by atoms with van der Waals surface area (Å²) in [5.74, 6) is 0. The lowest BCUT2D eigenvalue weighted by atomic mass is 9.91. The van der Waals surface area contributed by atoms with Crippen molar-refractivity contribution in [2.45, 2.75) is 51.0 Å². The van der Waals surface area contributed by atoms with Crippen LogP contribution in [0.1, 0.15) is 43.1 Å². The van der Waals surface area contributed by atoms with Gasteiger partial charge in [-0.1, -0.05) is 18.1 Å². The van der Waals surface area contributed by atoms with Crippen molar-refractivity contribution < 1.29 is 4.74 Å². The Labute approximate surface area is 88.6 Å². The van der Waals surface area contributed by atoms with Gasteiger partial charge in [0.25, 0.3) is 0 Å². The Morgan fingerprint density at radius 3 is 3.13 bits per heavy atom. The van der Waals surface area contributed by atoms with Crippen molar-refractivity contribution in [1.82, 2.24) is 15.0 Å². The largest absolute Gasteiger partial charge is 0.370 e. The van der Waals surface area contributed by atoms with Gasteiger partial charge in [-0.2, -0.15) is 0 Å². The molecule has 3 rings (SSSR count). The van der Waals surface area contributed by atoms with Crippen LogP contribution in [0, 0.1) is 0 Å². The molecule has 0 amide bonds. The maximum Gasteiger partial charge on any atom is 0.102 e. The summed E-state index contributed by atoms with van der Waals surface area (Å²) in [6.07, 6.45) is 5.20. The first-order chi connectivity index (χ1) is 7.40. The summed E-state index contributed by atoms with van der Waals surface area (Å²) in [5, 5.41) is 8.33. The van der Waals surface area contributed by atoms with Crippen molar-refractivity contribution in [1.29, 1.82) is 0 Å². The zero-order valence-electron chi connectivity index (χ0n) is 8.72. The van der Waals surface area contributed by atoms with Gasteiger partial charge in [0.1, 0.15) is 5.69 Å². The van der Waals surface area contributed by atoms with Crippen LogP contribution >= 0.6 is 0 Å². The van der Waals surface area contributed by atoms with Gasteiger partial charge in [0.2, 0.25) is 0 Å². The Bertz CT molecular complexity index is 362. The summed E-state index contributed by atoms with van der Waals surface area (Å²) in [7, 11) is 0. The topological polar surface area (TPSA) is 66.0 Å². The lowest BCUT2D eigenvalue weighted by molar-refractivity contribution is -0.0478. The second-order valence-corrected chi connectivity index (χ2v) is 4.33. The molecule has 5 nitrogen and oxygen atoms in total. The van der Waals surface area contributed by atoms with E-state index in [1.54, 1.807) is 0 Å². The van der Waals surface area contributed by atoms with Gasteiger partial charge in [-0.05, 0) is 12.8 Å². The molecule has 2 atom stereocenters. The van der Waals surface area contributed by atoms with Crippen LogP contribution in [0.15, 0.2) is 0 Å². The third-order valence-corrected chi connectivity index (χ3v) is 3.48. The number of hydrogen-bond acceptors (Lipinski definition) is 4. The van der Waals surface area contributed by atoms with Crippen molar-refractivity contribution >= 4 is 0 Å². The molecule has 1 saturated carbocycles. The van der Waals surface area contributed by atoms with Gasteiger partial charge < -0.3 is 10.5 Å². The minimum absolute atomic E-state index is 0.346. The van der Waals surface area contributed by atoms with E-state index in [9.17, 15) is 0 Å². The predicted molar refractivity (Wildman–Crippen MR) is 54.0 cm³/mol. The fourth-order valence-corrected chi connectivity index (χ4v) is 2.66. The van der Waals surface area contributed by atoms with E-state index in [2.05, 4.69) is 15.0 Å². The van der Waals surface area contributed by atoms with Crippen LogP contribution in [-0.4, -0.2) is 21.1 Å².